The van der Waals surface area contributed by atoms with Gasteiger partial charge in [-0.25, -0.2) is 4.98 Å². The average molecular weight is 577 g/mol. The van der Waals surface area contributed by atoms with Crippen LogP contribution < -0.4 is 10.6 Å². The molecule has 5 rings (SSSR count). The quantitative estimate of drug-likeness (QED) is 0.161. The van der Waals surface area contributed by atoms with Gasteiger partial charge in [-0.15, -0.1) is 0 Å². The van der Waals surface area contributed by atoms with E-state index in [1.54, 1.807) is 36.4 Å². The van der Waals surface area contributed by atoms with Gasteiger partial charge in [-0.05, 0) is 104 Å². The number of hydrogen-bond donors (Lipinski definition) is 2. The lowest BCUT2D eigenvalue weighted by molar-refractivity contribution is -0.115. The Morgan fingerprint density at radius 3 is 2.51 bits per heavy atom. The number of fused-ring (bicyclic) bond motifs is 1. The molecule has 196 valence electrons. The van der Waals surface area contributed by atoms with E-state index in [4.69, 9.17) is 44.3 Å². The molecular formula is C30H23Cl2N3O3S. The van der Waals surface area contributed by atoms with Gasteiger partial charge in [0.2, 0.25) is 11.8 Å². The van der Waals surface area contributed by atoms with Crippen molar-refractivity contribution in [1.29, 1.82) is 0 Å². The molecule has 0 atom stereocenters. The molecule has 1 amide bonds. The molecule has 2 aromatic heterocycles. The largest absolute Gasteiger partial charge is 0.457 e. The van der Waals surface area contributed by atoms with E-state index in [9.17, 15) is 4.79 Å². The van der Waals surface area contributed by atoms with Crippen molar-refractivity contribution in [3.63, 3.8) is 0 Å². The van der Waals surface area contributed by atoms with Crippen molar-refractivity contribution in [1.82, 2.24) is 10.3 Å². The fourth-order valence-electron chi connectivity index (χ4n) is 4.04. The summed E-state index contributed by atoms with van der Waals surface area (Å²) in [6.07, 6.45) is 2.88. The van der Waals surface area contributed by atoms with Gasteiger partial charge < -0.3 is 14.2 Å². The Kier molecular flexibility index (Phi) is 7.57. The molecule has 0 aliphatic carbocycles. The molecule has 6 nitrogen and oxygen atoms in total. The summed E-state index contributed by atoms with van der Waals surface area (Å²) in [5.41, 5.74) is 6.94. The van der Waals surface area contributed by atoms with Crippen molar-refractivity contribution < 1.29 is 13.6 Å². The minimum Gasteiger partial charge on any atom is -0.457 e. The molecule has 0 saturated heterocycles. The van der Waals surface area contributed by atoms with E-state index in [0.717, 1.165) is 39.0 Å². The van der Waals surface area contributed by atoms with Crippen LogP contribution in [0.5, 0.6) is 0 Å². The lowest BCUT2D eigenvalue weighted by atomic mass is 10.1. The molecule has 0 radical (unpaired) electrons. The number of hydrogen-bond acceptors (Lipinski definition) is 5. The van der Waals surface area contributed by atoms with Gasteiger partial charge in [0.15, 0.2) is 10.7 Å². The lowest BCUT2D eigenvalue weighted by Crippen LogP contribution is -2.33. The molecule has 0 aliphatic heterocycles. The first-order valence-corrected chi connectivity index (χ1v) is 13.2. The number of anilines is 1. The third-order valence-electron chi connectivity index (χ3n) is 6.30. The molecule has 5 aromatic rings. The summed E-state index contributed by atoms with van der Waals surface area (Å²) in [4.78, 5) is 17.2. The number of furan rings is 1. The van der Waals surface area contributed by atoms with Crippen molar-refractivity contribution in [2.75, 3.05) is 5.32 Å². The smallest absolute Gasteiger partial charge is 0.250 e. The van der Waals surface area contributed by atoms with Crippen LogP contribution in [0.3, 0.4) is 0 Å². The Morgan fingerprint density at radius 2 is 1.69 bits per heavy atom. The standard InChI is InChI=1S/C30H23Cl2N3O3S/c1-16-14-24-26(15-17(16)2)38-29(33-24)20-6-5-9-23(18(20)3)34-30(39)35-27(36)13-11-19-10-12-25(37-19)21-7-4-8-22(31)28(21)32/h4-15H,1-3H3,(H2,34,35,36,39)/b13-11+. The predicted molar refractivity (Wildman–Crippen MR) is 161 cm³/mol. The highest BCUT2D eigenvalue weighted by Gasteiger charge is 2.15. The molecule has 0 aliphatic rings. The fourth-order valence-corrected chi connectivity index (χ4v) is 4.65. The number of carbonyl (C=O) groups is 1. The van der Waals surface area contributed by atoms with E-state index < -0.39 is 5.91 Å². The van der Waals surface area contributed by atoms with E-state index in [-0.39, 0.29) is 5.11 Å². The second-order valence-electron chi connectivity index (χ2n) is 8.98. The molecule has 3 aromatic carbocycles. The summed E-state index contributed by atoms with van der Waals surface area (Å²) in [5, 5.41) is 6.72. The van der Waals surface area contributed by atoms with Crippen LogP contribution in [0.25, 0.3) is 40.0 Å². The molecular weight excluding hydrogens is 553 g/mol. The highest BCUT2D eigenvalue weighted by molar-refractivity contribution is 7.80. The number of rotatable bonds is 5. The van der Waals surface area contributed by atoms with Crippen molar-refractivity contribution >= 4 is 69.3 Å². The summed E-state index contributed by atoms with van der Waals surface area (Å²) >= 11 is 17.7. The Morgan fingerprint density at radius 1 is 0.949 bits per heavy atom. The van der Waals surface area contributed by atoms with E-state index >= 15 is 0 Å². The van der Waals surface area contributed by atoms with Gasteiger partial charge in [0.25, 0.3) is 0 Å². The monoisotopic (exact) mass is 575 g/mol. The summed E-state index contributed by atoms with van der Waals surface area (Å²) < 4.78 is 11.8. The van der Waals surface area contributed by atoms with Gasteiger partial charge in [0.05, 0.1) is 10.0 Å². The minimum absolute atomic E-state index is 0.152. The molecule has 9 heteroatoms. The summed E-state index contributed by atoms with van der Waals surface area (Å²) in [5.74, 6) is 1.12. The zero-order chi connectivity index (χ0) is 27.7. The van der Waals surface area contributed by atoms with Crippen molar-refractivity contribution in [2.45, 2.75) is 20.8 Å². The Hall–Kier alpha value is -3.91. The first kappa shape index (κ1) is 26.7. The van der Waals surface area contributed by atoms with Crippen molar-refractivity contribution in [3.05, 3.63) is 99.2 Å². The number of nitrogens with one attached hydrogen (secondary N) is 2. The van der Waals surface area contributed by atoms with E-state index in [0.29, 0.717) is 33.0 Å². The van der Waals surface area contributed by atoms with Gasteiger partial charge in [-0.2, -0.15) is 0 Å². The molecule has 0 bridgehead atoms. The van der Waals surface area contributed by atoms with Crippen LogP contribution in [-0.2, 0) is 4.79 Å². The van der Waals surface area contributed by atoms with Crippen LogP contribution in [-0.4, -0.2) is 16.0 Å². The van der Waals surface area contributed by atoms with Crippen LogP contribution >= 0.6 is 35.4 Å². The Labute approximate surface area is 240 Å². The van der Waals surface area contributed by atoms with Gasteiger partial charge >= 0.3 is 0 Å². The number of nitrogens with zero attached hydrogens (tertiary/aromatic N) is 1. The maximum Gasteiger partial charge on any atom is 0.250 e. The molecule has 2 N–H and O–H groups in total. The predicted octanol–water partition coefficient (Wildman–Crippen LogP) is 8.51. The highest BCUT2D eigenvalue weighted by atomic mass is 35.5. The number of benzene rings is 3. The summed E-state index contributed by atoms with van der Waals surface area (Å²) in [6.45, 7) is 6.03. The van der Waals surface area contributed by atoms with Crippen LogP contribution in [0.15, 0.2) is 75.6 Å². The molecule has 0 saturated carbocycles. The number of halogens is 2. The zero-order valence-corrected chi connectivity index (χ0v) is 23.6. The SMILES string of the molecule is Cc1cc2nc(-c3cccc(NC(=S)NC(=O)/C=C/c4ccc(-c5cccc(Cl)c5Cl)o4)c3C)oc2cc1C. The van der Waals surface area contributed by atoms with Gasteiger partial charge in [-0.1, -0.05) is 35.3 Å². The maximum absolute atomic E-state index is 12.5. The first-order chi connectivity index (χ1) is 18.7. The van der Waals surface area contributed by atoms with Crippen molar-refractivity contribution in [3.8, 4) is 22.8 Å². The molecule has 0 fully saturated rings. The second-order valence-corrected chi connectivity index (χ2v) is 10.2. The zero-order valence-electron chi connectivity index (χ0n) is 21.3. The topological polar surface area (TPSA) is 80.3 Å². The number of aryl methyl sites for hydroxylation is 2. The molecule has 39 heavy (non-hydrogen) atoms. The second kappa shape index (κ2) is 11.1. The highest BCUT2D eigenvalue weighted by Crippen LogP contribution is 2.35. The van der Waals surface area contributed by atoms with Crippen LogP contribution in [0.2, 0.25) is 10.0 Å². The summed E-state index contributed by atoms with van der Waals surface area (Å²) in [7, 11) is 0. The number of amides is 1. The Balaban J connectivity index is 1.25. The first-order valence-electron chi connectivity index (χ1n) is 12.0. The van der Waals surface area contributed by atoms with Gasteiger partial charge in [0, 0.05) is 22.9 Å². The third-order valence-corrected chi connectivity index (χ3v) is 7.32. The van der Waals surface area contributed by atoms with E-state index in [2.05, 4.69) is 15.6 Å². The van der Waals surface area contributed by atoms with Crippen molar-refractivity contribution in [2.24, 2.45) is 0 Å². The third kappa shape index (κ3) is 5.76. The maximum atomic E-state index is 12.5. The average Bonchev–Trinajstić information content (AvgIpc) is 3.53. The molecule has 0 unspecified atom stereocenters. The van der Waals surface area contributed by atoms with E-state index in [1.165, 1.54) is 6.08 Å². The lowest BCUT2D eigenvalue weighted by Gasteiger charge is -2.12. The van der Waals surface area contributed by atoms with E-state index in [1.807, 2.05) is 51.1 Å². The van der Waals surface area contributed by atoms with Gasteiger partial charge in [-0.3, -0.25) is 10.1 Å². The fraction of sp³-hybridized carbons (Fsp3) is 0.100. The van der Waals surface area contributed by atoms with Crippen LogP contribution in [0, 0.1) is 20.8 Å². The number of oxazole rings is 1. The number of thiocarbonyl (C=S) groups is 1. The summed E-state index contributed by atoms with van der Waals surface area (Å²) in [6, 6.07) is 18.5. The molecule has 0 spiro atoms. The van der Waals surface area contributed by atoms with Crippen LogP contribution in [0.4, 0.5) is 5.69 Å². The minimum atomic E-state index is -0.412. The number of carbonyl (C=O) groups excluding carboxylic acids is 1. The van der Waals surface area contributed by atoms with Crippen LogP contribution in [0.1, 0.15) is 22.5 Å². The Bertz CT molecular complexity index is 1730. The van der Waals surface area contributed by atoms with Gasteiger partial charge in [0.1, 0.15) is 17.0 Å². The normalized spacial score (nSPS) is 11.3. The number of aromatic nitrogens is 1. The molecule has 2 heterocycles.